The van der Waals surface area contributed by atoms with Crippen LogP contribution in [-0.2, 0) is 0 Å². The van der Waals surface area contributed by atoms with Crippen LogP contribution < -0.4 is 10.6 Å². The Labute approximate surface area is 120 Å². The molecule has 1 saturated heterocycles. The van der Waals surface area contributed by atoms with Crippen LogP contribution in [0.4, 0.5) is 5.69 Å². The first kappa shape index (κ1) is 14.7. The molecule has 5 N–H and O–H groups in total. The van der Waals surface area contributed by atoms with Crippen molar-refractivity contribution in [3.05, 3.63) is 28.7 Å². The number of benzene rings is 1. The zero-order valence-corrected chi connectivity index (χ0v) is 12.0. The molecule has 0 radical (unpaired) electrons. The van der Waals surface area contributed by atoms with Gasteiger partial charge in [0.1, 0.15) is 0 Å². The number of para-hydroxylation sites is 1. The molecule has 19 heavy (non-hydrogen) atoms. The lowest BCUT2D eigenvalue weighted by molar-refractivity contribution is 0.0192. The van der Waals surface area contributed by atoms with Gasteiger partial charge < -0.3 is 26.0 Å². The molecule has 106 valence electrons. The molecule has 0 unspecified atom stereocenters. The number of hydrogen-bond donors (Lipinski definition) is 5. The van der Waals surface area contributed by atoms with Gasteiger partial charge in [0.15, 0.2) is 0 Å². The van der Waals surface area contributed by atoms with E-state index in [2.05, 4.69) is 26.6 Å². The van der Waals surface area contributed by atoms with Crippen LogP contribution in [0.3, 0.4) is 0 Å². The Bertz CT molecular complexity index is 419. The van der Waals surface area contributed by atoms with Gasteiger partial charge in [0.2, 0.25) is 0 Å². The van der Waals surface area contributed by atoms with Crippen LogP contribution in [0.2, 0.25) is 0 Å². The Hall–Kier alpha value is -0.660. The van der Waals surface area contributed by atoms with Crippen molar-refractivity contribution in [1.82, 2.24) is 5.32 Å². The van der Waals surface area contributed by atoms with Crippen LogP contribution >= 0.6 is 15.9 Å². The van der Waals surface area contributed by atoms with Crippen LogP contribution in [0.5, 0.6) is 0 Å². The van der Waals surface area contributed by atoms with E-state index in [1.165, 1.54) is 0 Å². The summed E-state index contributed by atoms with van der Waals surface area (Å²) in [7, 11) is 0. The fourth-order valence-corrected chi connectivity index (χ4v) is 2.75. The highest BCUT2D eigenvalue weighted by Gasteiger charge is 2.39. The first-order valence-corrected chi connectivity index (χ1v) is 7.14. The Morgan fingerprint density at radius 3 is 2.47 bits per heavy atom. The fraction of sp³-hybridized carbons (Fsp3) is 0.538. The minimum absolute atomic E-state index is 0.174. The van der Waals surface area contributed by atoms with Crippen LogP contribution in [0.15, 0.2) is 28.7 Å². The maximum atomic E-state index is 9.85. The predicted molar refractivity (Wildman–Crippen MR) is 77.1 cm³/mol. The third-order valence-electron chi connectivity index (χ3n) is 3.44. The van der Waals surface area contributed by atoms with E-state index in [-0.39, 0.29) is 12.6 Å². The highest BCUT2D eigenvalue weighted by Crippen LogP contribution is 2.22. The third kappa shape index (κ3) is 3.46. The summed E-state index contributed by atoms with van der Waals surface area (Å²) in [6.45, 7) is 0.495. The quantitative estimate of drug-likeness (QED) is 0.536. The summed E-state index contributed by atoms with van der Waals surface area (Å²) in [5, 5.41) is 34.9. The Morgan fingerprint density at radius 2 is 1.84 bits per heavy atom. The third-order valence-corrected chi connectivity index (χ3v) is 4.14. The van der Waals surface area contributed by atoms with E-state index >= 15 is 0 Å². The summed E-state index contributed by atoms with van der Waals surface area (Å²) >= 11 is 3.45. The van der Waals surface area contributed by atoms with E-state index < -0.39 is 18.2 Å². The first-order valence-electron chi connectivity index (χ1n) is 6.35. The van der Waals surface area contributed by atoms with Gasteiger partial charge in [-0.2, -0.15) is 0 Å². The molecule has 2 rings (SSSR count). The molecule has 5 nitrogen and oxygen atoms in total. The molecule has 1 heterocycles. The van der Waals surface area contributed by atoms with Gasteiger partial charge in [-0.15, -0.1) is 0 Å². The molecular weight excluding hydrogens is 312 g/mol. The maximum Gasteiger partial charge on any atom is 0.0989 e. The van der Waals surface area contributed by atoms with Gasteiger partial charge in [-0.25, -0.2) is 0 Å². The van der Waals surface area contributed by atoms with E-state index in [9.17, 15) is 10.2 Å². The van der Waals surface area contributed by atoms with Crippen LogP contribution in [0, 0.1) is 0 Å². The molecule has 4 atom stereocenters. The number of nitrogens with one attached hydrogen (secondary N) is 2. The molecule has 1 aliphatic heterocycles. The van der Waals surface area contributed by atoms with Crippen molar-refractivity contribution in [2.45, 2.75) is 30.7 Å². The summed E-state index contributed by atoms with van der Waals surface area (Å²) in [5.74, 6) is 0. The van der Waals surface area contributed by atoms with Gasteiger partial charge in [-0.1, -0.05) is 12.1 Å². The van der Waals surface area contributed by atoms with Gasteiger partial charge in [0.05, 0.1) is 24.9 Å². The van der Waals surface area contributed by atoms with Crippen molar-refractivity contribution < 1.29 is 15.3 Å². The van der Waals surface area contributed by atoms with Gasteiger partial charge in [0.25, 0.3) is 0 Å². The molecule has 0 aliphatic carbocycles. The predicted octanol–water partition coefficient (Wildman–Crippen LogP) is 0.306. The number of hydrogen-bond acceptors (Lipinski definition) is 5. The Kier molecular flexibility index (Phi) is 5.18. The lowest BCUT2D eigenvalue weighted by atomic mass is 10.1. The lowest BCUT2D eigenvalue weighted by Crippen LogP contribution is -2.36. The monoisotopic (exact) mass is 330 g/mol. The molecule has 1 aliphatic rings. The summed E-state index contributed by atoms with van der Waals surface area (Å²) in [6.07, 6.45) is -1.08. The Balaban J connectivity index is 1.82. The largest absolute Gasteiger partial charge is 0.395 e. The SMILES string of the molecule is OC[C@H]1N[C@H](CCNc2ccccc2Br)[C@@H](O)[C@@H]1O. The number of rotatable bonds is 5. The van der Waals surface area contributed by atoms with E-state index in [0.29, 0.717) is 13.0 Å². The number of anilines is 1. The smallest absolute Gasteiger partial charge is 0.0989 e. The minimum atomic E-state index is -0.904. The lowest BCUT2D eigenvalue weighted by Gasteiger charge is -2.16. The van der Waals surface area contributed by atoms with E-state index in [1.54, 1.807) is 0 Å². The van der Waals surface area contributed by atoms with Crippen molar-refractivity contribution in [2.24, 2.45) is 0 Å². The maximum absolute atomic E-state index is 9.85. The molecule has 6 heteroatoms. The second-order valence-corrected chi connectivity index (χ2v) is 5.59. The Morgan fingerprint density at radius 1 is 1.16 bits per heavy atom. The van der Waals surface area contributed by atoms with Crippen LogP contribution in [-0.4, -0.2) is 52.8 Å². The highest BCUT2D eigenvalue weighted by molar-refractivity contribution is 9.10. The molecule has 0 aromatic heterocycles. The normalized spacial score (nSPS) is 30.5. The molecule has 0 spiro atoms. The zero-order chi connectivity index (χ0) is 13.8. The summed E-state index contributed by atoms with van der Waals surface area (Å²) in [4.78, 5) is 0. The van der Waals surface area contributed by atoms with Gasteiger partial charge >= 0.3 is 0 Å². The summed E-state index contributed by atoms with van der Waals surface area (Å²) in [6, 6.07) is 7.16. The fourth-order valence-electron chi connectivity index (χ4n) is 2.33. The average Bonchev–Trinajstić information content (AvgIpc) is 2.69. The standard InChI is InChI=1S/C13H19BrN2O3/c14-8-3-1-2-4-9(8)15-6-5-10-12(18)13(19)11(7-17)16-10/h1-4,10-13,15-19H,5-7H2/t10-,11-,12-,13-/m1/s1. The molecule has 1 aromatic carbocycles. The average molecular weight is 331 g/mol. The van der Waals surface area contributed by atoms with Crippen molar-refractivity contribution >= 4 is 21.6 Å². The molecule has 1 aromatic rings. The summed E-state index contributed by atoms with van der Waals surface area (Å²) < 4.78 is 0.989. The highest BCUT2D eigenvalue weighted by atomic mass is 79.9. The van der Waals surface area contributed by atoms with Gasteiger partial charge in [0, 0.05) is 22.7 Å². The zero-order valence-electron chi connectivity index (χ0n) is 10.5. The summed E-state index contributed by atoms with van der Waals surface area (Å²) in [5.41, 5.74) is 0.995. The second kappa shape index (κ2) is 6.67. The van der Waals surface area contributed by atoms with Crippen LogP contribution in [0.1, 0.15) is 6.42 Å². The second-order valence-electron chi connectivity index (χ2n) is 4.74. The molecular formula is C13H19BrN2O3. The topological polar surface area (TPSA) is 84.8 Å². The van der Waals surface area contributed by atoms with E-state index in [0.717, 1.165) is 10.2 Å². The van der Waals surface area contributed by atoms with Crippen molar-refractivity contribution in [3.8, 4) is 0 Å². The number of aliphatic hydroxyl groups is 3. The molecule has 0 bridgehead atoms. The van der Waals surface area contributed by atoms with E-state index in [1.807, 2.05) is 24.3 Å². The van der Waals surface area contributed by atoms with E-state index in [4.69, 9.17) is 5.11 Å². The van der Waals surface area contributed by atoms with Crippen molar-refractivity contribution in [2.75, 3.05) is 18.5 Å². The van der Waals surface area contributed by atoms with Gasteiger partial charge in [-0.3, -0.25) is 0 Å². The molecule has 0 amide bonds. The van der Waals surface area contributed by atoms with Crippen LogP contribution in [0.25, 0.3) is 0 Å². The molecule has 0 saturated carbocycles. The first-order chi connectivity index (χ1) is 9.13. The van der Waals surface area contributed by atoms with Gasteiger partial charge in [-0.05, 0) is 34.5 Å². The molecule has 1 fully saturated rings. The van der Waals surface area contributed by atoms with Crippen molar-refractivity contribution in [3.63, 3.8) is 0 Å². The number of halogens is 1. The number of aliphatic hydroxyl groups excluding tert-OH is 3. The minimum Gasteiger partial charge on any atom is -0.395 e. The van der Waals surface area contributed by atoms with Crippen molar-refractivity contribution in [1.29, 1.82) is 0 Å².